The van der Waals surface area contributed by atoms with Crippen molar-refractivity contribution in [2.45, 2.75) is 4.21 Å². The van der Waals surface area contributed by atoms with Crippen molar-refractivity contribution < 1.29 is 13.2 Å². The molecule has 1 heterocycles. The number of carbonyl (C=O) groups is 1. The van der Waals surface area contributed by atoms with Gasteiger partial charge in [0, 0.05) is 21.4 Å². The highest BCUT2D eigenvalue weighted by atomic mass is 79.9. The van der Waals surface area contributed by atoms with Crippen molar-refractivity contribution >= 4 is 66.2 Å². The number of benzene rings is 2. The molecule has 5 nitrogen and oxygen atoms in total. The Hall–Kier alpha value is -1.87. The van der Waals surface area contributed by atoms with Crippen LogP contribution in [0.5, 0.6) is 0 Å². The van der Waals surface area contributed by atoms with Gasteiger partial charge in [0.1, 0.15) is 4.21 Å². The van der Waals surface area contributed by atoms with E-state index in [-0.39, 0.29) is 10.1 Å². The number of hydrogen-bond donors (Lipinski definition) is 2. The highest BCUT2D eigenvalue weighted by Crippen LogP contribution is 2.26. The van der Waals surface area contributed by atoms with E-state index in [4.69, 9.17) is 11.6 Å². The predicted octanol–water partition coefficient (Wildman–Crippen LogP) is 5.22. The zero-order valence-corrected chi connectivity index (χ0v) is 17.0. The van der Waals surface area contributed by atoms with Gasteiger partial charge in [0.15, 0.2) is 0 Å². The molecule has 0 fully saturated rings. The first-order valence-electron chi connectivity index (χ1n) is 7.28. The summed E-state index contributed by atoms with van der Waals surface area (Å²) in [4.78, 5) is 12.3. The Morgan fingerprint density at radius 1 is 1.04 bits per heavy atom. The molecule has 0 aliphatic rings. The van der Waals surface area contributed by atoms with Crippen LogP contribution in [0.1, 0.15) is 10.4 Å². The van der Waals surface area contributed by atoms with Crippen LogP contribution in [0.2, 0.25) is 5.02 Å². The normalized spacial score (nSPS) is 11.2. The highest BCUT2D eigenvalue weighted by Gasteiger charge is 2.15. The molecule has 0 saturated heterocycles. The average molecular weight is 472 g/mol. The van der Waals surface area contributed by atoms with Gasteiger partial charge in [0.05, 0.1) is 5.02 Å². The first kappa shape index (κ1) is 18.9. The van der Waals surface area contributed by atoms with Crippen molar-refractivity contribution in [1.82, 2.24) is 0 Å². The van der Waals surface area contributed by atoms with E-state index in [0.29, 0.717) is 22.0 Å². The lowest BCUT2D eigenvalue weighted by Gasteiger charge is -2.09. The molecule has 134 valence electrons. The molecule has 0 bridgehead atoms. The maximum atomic E-state index is 12.3. The van der Waals surface area contributed by atoms with Crippen molar-refractivity contribution in [2.75, 3.05) is 10.0 Å². The topological polar surface area (TPSA) is 75.3 Å². The lowest BCUT2D eigenvalue weighted by Crippen LogP contribution is -2.13. The van der Waals surface area contributed by atoms with Crippen LogP contribution in [-0.2, 0) is 10.0 Å². The molecular weight excluding hydrogens is 460 g/mol. The molecule has 0 atom stereocenters. The molecule has 2 aromatic carbocycles. The summed E-state index contributed by atoms with van der Waals surface area (Å²) in [5.41, 5.74) is 1.33. The molecule has 1 amide bonds. The summed E-state index contributed by atoms with van der Waals surface area (Å²) >= 11 is 10.4. The SMILES string of the molecule is O=C(Nc1ccc(Br)c(Cl)c1)c1ccc(NS(=O)(=O)c2cccs2)cc1. The van der Waals surface area contributed by atoms with E-state index in [0.717, 1.165) is 15.8 Å². The molecule has 0 aliphatic carbocycles. The molecule has 3 rings (SSSR count). The van der Waals surface area contributed by atoms with Crippen LogP contribution in [0, 0.1) is 0 Å². The summed E-state index contributed by atoms with van der Waals surface area (Å²) in [5.74, 6) is -0.323. The van der Waals surface area contributed by atoms with Gasteiger partial charge in [0.25, 0.3) is 15.9 Å². The summed E-state index contributed by atoms with van der Waals surface area (Å²) in [5, 5.41) is 4.91. The minimum absolute atomic E-state index is 0.228. The van der Waals surface area contributed by atoms with Crippen LogP contribution in [-0.4, -0.2) is 14.3 Å². The van der Waals surface area contributed by atoms with Crippen molar-refractivity contribution in [1.29, 1.82) is 0 Å². The van der Waals surface area contributed by atoms with Gasteiger partial charge >= 0.3 is 0 Å². The number of rotatable bonds is 5. The fourth-order valence-corrected chi connectivity index (χ4v) is 4.57. The number of halogens is 2. The first-order chi connectivity index (χ1) is 12.3. The fourth-order valence-electron chi connectivity index (χ4n) is 2.09. The molecule has 3 aromatic rings. The number of anilines is 2. The summed E-state index contributed by atoms with van der Waals surface area (Å²) in [6, 6.07) is 14.4. The average Bonchev–Trinajstić information content (AvgIpc) is 3.14. The van der Waals surface area contributed by atoms with E-state index in [1.807, 2.05) is 0 Å². The second-order valence-electron chi connectivity index (χ2n) is 5.20. The van der Waals surface area contributed by atoms with Crippen LogP contribution in [0.25, 0.3) is 0 Å². The van der Waals surface area contributed by atoms with Gasteiger partial charge in [0.2, 0.25) is 0 Å². The Morgan fingerprint density at radius 2 is 1.73 bits per heavy atom. The Labute approximate surface area is 168 Å². The van der Waals surface area contributed by atoms with E-state index in [1.54, 1.807) is 41.8 Å². The third-order valence-corrected chi connectivity index (χ3v) is 7.35. The van der Waals surface area contributed by atoms with E-state index >= 15 is 0 Å². The molecule has 1 aromatic heterocycles. The zero-order valence-electron chi connectivity index (χ0n) is 13.1. The summed E-state index contributed by atoms with van der Waals surface area (Å²) in [6.07, 6.45) is 0. The van der Waals surface area contributed by atoms with Gasteiger partial charge in [-0.1, -0.05) is 17.7 Å². The van der Waals surface area contributed by atoms with Crippen LogP contribution < -0.4 is 10.0 Å². The third-order valence-electron chi connectivity index (χ3n) is 3.34. The second-order valence-corrected chi connectivity index (χ2v) is 9.32. The Balaban J connectivity index is 1.71. The molecule has 0 spiro atoms. The van der Waals surface area contributed by atoms with E-state index in [9.17, 15) is 13.2 Å². The zero-order chi connectivity index (χ0) is 18.7. The van der Waals surface area contributed by atoms with E-state index < -0.39 is 10.0 Å². The second kappa shape index (κ2) is 7.79. The van der Waals surface area contributed by atoms with Crippen molar-refractivity contribution in [2.24, 2.45) is 0 Å². The van der Waals surface area contributed by atoms with Gasteiger partial charge < -0.3 is 5.32 Å². The number of thiophene rings is 1. The lowest BCUT2D eigenvalue weighted by atomic mass is 10.2. The predicted molar refractivity (Wildman–Crippen MR) is 109 cm³/mol. The number of hydrogen-bond acceptors (Lipinski definition) is 4. The van der Waals surface area contributed by atoms with Crippen molar-refractivity contribution in [3.63, 3.8) is 0 Å². The monoisotopic (exact) mass is 470 g/mol. The van der Waals surface area contributed by atoms with Crippen LogP contribution in [0.4, 0.5) is 11.4 Å². The fraction of sp³-hybridized carbons (Fsp3) is 0. The van der Waals surface area contributed by atoms with Gasteiger partial charge in [-0.25, -0.2) is 8.42 Å². The van der Waals surface area contributed by atoms with Gasteiger partial charge in [-0.05, 0) is 69.8 Å². The number of nitrogens with one attached hydrogen (secondary N) is 2. The van der Waals surface area contributed by atoms with E-state index in [1.165, 1.54) is 18.2 Å². The van der Waals surface area contributed by atoms with Gasteiger partial charge in [-0.2, -0.15) is 0 Å². The van der Waals surface area contributed by atoms with Crippen LogP contribution in [0.3, 0.4) is 0 Å². The summed E-state index contributed by atoms with van der Waals surface area (Å²) in [6.45, 7) is 0. The third kappa shape index (κ3) is 4.45. The molecule has 0 unspecified atom stereocenters. The first-order valence-corrected chi connectivity index (χ1v) is 10.8. The maximum absolute atomic E-state index is 12.3. The smallest absolute Gasteiger partial charge is 0.271 e. The minimum Gasteiger partial charge on any atom is -0.322 e. The molecule has 0 saturated carbocycles. The Kier molecular flexibility index (Phi) is 5.67. The van der Waals surface area contributed by atoms with Gasteiger partial charge in [-0.3, -0.25) is 9.52 Å². The van der Waals surface area contributed by atoms with Gasteiger partial charge in [-0.15, -0.1) is 11.3 Å². The Morgan fingerprint density at radius 3 is 2.35 bits per heavy atom. The molecule has 2 N–H and O–H groups in total. The number of sulfonamides is 1. The Bertz CT molecular complexity index is 1040. The summed E-state index contributed by atoms with van der Waals surface area (Å²) < 4.78 is 27.8. The standard InChI is InChI=1S/C17H12BrClN2O3S2/c18-14-8-7-13(10-15(14)19)20-17(22)11-3-5-12(6-4-11)21-26(23,24)16-2-1-9-25-16/h1-10,21H,(H,20,22). The number of amides is 1. The molecular formula is C17H12BrClN2O3S2. The maximum Gasteiger partial charge on any atom is 0.271 e. The van der Waals surface area contributed by atoms with Crippen LogP contribution >= 0.6 is 38.9 Å². The number of carbonyl (C=O) groups excluding carboxylic acids is 1. The van der Waals surface area contributed by atoms with Crippen molar-refractivity contribution in [3.8, 4) is 0 Å². The van der Waals surface area contributed by atoms with Crippen LogP contribution in [0.15, 0.2) is 68.7 Å². The highest BCUT2D eigenvalue weighted by molar-refractivity contribution is 9.10. The molecule has 0 radical (unpaired) electrons. The largest absolute Gasteiger partial charge is 0.322 e. The molecule has 9 heteroatoms. The minimum atomic E-state index is -3.61. The molecule has 26 heavy (non-hydrogen) atoms. The molecule has 0 aliphatic heterocycles. The van der Waals surface area contributed by atoms with E-state index in [2.05, 4.69) is 26.0 Å². The summed E-state index contributed by atoms with van der Waals surface area (Å²) in [7, 11) is -3.61. The lowest BCUT2D eigenvalue weighted by molar-refractivity contribution is 0.102. The quantitative estimate of drug-likeness (QED) is 0.536. The van der Waals surface area contributed by atoms with Crippen molar-refractivity contribution in [3.05, 3.63) is 75.0 Å².